The molecule has 2 aliphatic rings. The summed E-state index contributed by atoms with van der Waals surface area (Å²) in [6.45, 7) is 3.49. The molecule has 0 aromatic heterocycles. The van der Waals surface area contributed by atoms with Crippen molar-refractivity contribution in [2.75, 3.05) is 45.2 Å². The van der Waals surface area contributed by atoms with Crippen LogP contribution in [0.5, 0.6) is 5.75 Å². The summed E-state index contributed by atoms with van der Waals surface area (Å²) in [6.07, 6.45) is -0.447. The van der Waals surface area contributed by atoms with Crippen LogP contribution in [0.4, 0.5) is 5.69 Å². The molecular formula is C15H21N3O3. The van der Waals surface area contributed by atoms with Gasteiger partial charge in [-0.05, 0) is 19.2 Å². The maximum atomic E-state index is 12.2. The minimum atomic E-state index is -0.499. The molecule has 0 bridgehead atoms. The van der Waals surface area contributed by atoms with E-state index >= 15 is 0 Å². The molecule has 6 heteroatoms. The van der Waals surface area contributed by atoms with E-state index in [2.05, 4.69) is 22.6 Å². The zero-order valence-corrected chi connectivity index (χ0v) is 12.2. The fourth-order valence-corrected chi connectivity index (χ4v) is 2.58. The van der Waals surface area contributed by atoms with E-state index in [1.165, 1.54) is 0 Å². The van der Waals surface area contributed by atoms with Gasteiger partial charge in [0, 0.05) is 19.6 Å². The Hall–Kier alpha value is -1.79. The number of ether oxygens (including phenoxy) is 2. The van der Waals surface area contributed by atoms with Gasteiger partial charge in [0.05, 0.1) is 24.9 Å². The Morgan fingerprint density at radius 3 is 3.19 bits per heavy atom. The standard InChI is InChI=1S/C15H21N3O3/c1-18-6-7-20-11(10-18)8-17-15(19)14-9-16-12-4-2-3-5-13(12)21-14/h2-5,11,14,16H,6-10H2,1H3,(H,17,19). The van der Waals surface area contributed by atoms with Crippen LogP contribution in [0.3, 0.4) is 0 Å². The van der Waals surface area contributed by atoms with Gasteiger partial charge >= 0.3 is 0 Å². The average Bonchev–Trinajstić information content (AvgIpc) is 2.52. The lowest BCUT2D eigenvalue weighted by molar-refractivity contribution is -0.128. The van der Waals surface area contributed by atoms with Crippen LogP contribution in [0, 0.1) is 0 Å². The number of hydrogen-bond donors (Lipinski definition) is 2. The number of amides is 1. The molecule has 0 radical (unpaired) electrons. The van der Waals surface area contributed by atoms with Crippen molar-refractivity contribution in [3.63, 3.8) is 0 Å². The third kappa shape index (κ3) is 3.46. The molecule has 3 rings (SSSR count). The first-order valence-corrected chi connectivity index (χ1v) is 7.30. The Morgan fingerprint density at radius 2 is 2.33 bits per heavy atom. The number of morpholine rings is 1. The topological polar surface area (TPSA) is 62.8 Å². The van der Waals surface area contributed by atoms with Crippen molar-refractivity contribution in [3.8, 4) is 5.75 Å². The van der Waals surface area contributed by atoms with Gasteiger partial charge in [0.25, 0.3) is 5.91 Å². The highest BCUT2D eigenvalue weighted by molar-refractivity contribution is 5.83. The molecule has 21 heavy (non-hydrogen) atoms. The second-order valence-corrected chi connectivity index (χ2v) is 5.48. The SMILES string of the molecule is CN1CCOC(CNC(=O)C2CNc3ccccc3O2)C1. The van der Waals surface area contributed by atoms with E-state index in [9.17, 15) is 4.79 Å². The van der Waals surface area contributed by atoms with Gasteiger partial charge in [0.2, 0.25) is 0 Å². The minimum Gasteiger partial charge on any atom is -0.477 e. The van der Waals surface area contributed by atoms with Crippen LogP contribution in [0.15, 0.2) is 24.3 Å². The highest BCUT2D eigenvalue weighted by atomic mass is 16.5. The number of benzene rings is 1. The molecule has 114 valence electrons. The van der Waals surface area contributed by atoms with Crippen LogP contribution in [0.25, 0.3) is 0 Å². The van der Waals surface area contributed by atoms with Crippen LogP contribution < -0.4 is 15.4 Å². The summed E-state index contributed by atoms with van der Waals surface area (Å²) in [7, 11) is 2.06. The third-order valence-electron chi connectivity index (χ3n) is 3.77. The number of carbonyl (C=O) groups is 1. The molecule has 2 atom stereocenters. The number of rotatable bonds is 3. The number of carbonyl (C=O) groups excluding carboxylic acids is 1. The van der Waals surface area contributed by atoms with E-state index in [0.29, 0.717) is 19.7 Å². The largest absolute Gasteiger partial charge is 0.477 e. The van der Waals surface area contributed by atoms with E-state index in [1.807, 2.05) is 24.3 Å². The van der Waals surface area contributed by atoms with Gasteiger partial charge in [0.15, 0.2) is 6.10 Å². The Labute approximate surface area is 124 Å². The van der Waals surface area contributed by atoms with Crippen molar-refractivity contribution >= 4 is 11.6 Å². The van der Waals surface area contributed by atoms with E-state index in [0.717, 1.165) is 24.5 Å². The lowest BCUT2D eigenvalue weighted by Crippen LogP contribution is -2.50. The van der Waals surface area contributed by atoms with E-state index in [-0.39, 0.29) is 12.0 Å². The van der Waals surface area contributed by atoms with Crippen LogP contribution in [0.1, 0.15) is 0 Å². The maximum absolute atomic E-state index is 12.2. The molecule has 2 N–H and O–H groups in total. The third-order valence-corrected chi connectivity index (χ3v) is 3.77. The number of fused-ring (bicyclic) bond motifs is 1. The van der Waals surface area contributed by atoms with Crippen molar-refractivity contribution in [3.05, 3.63) is 24.3 Å². The molecule has 1 fully saturated rings. The van der Waals surface area contributed by atoms with Gasteiger partial charge < -0.3 is 25.0 Å². The molecule has 1 amide bonds. The molecule has 2 aliphatic heterocycles. The zero-order chi connectivity index (χ0) is 14.7. The Kier molecular flexibility index (Phi) is 4.26. The molecule has 2 heterocycles. The first-order valence-electron chi connectivity index (χ1n) is 7.30. The van der Waals surface area contributed by atoms with Gasteiger partial charge in [-0.2, -0.15) is 0 Å². The summed E-state index contributed by atoms with van der Waals surface area (Å²) in [6, 6.07) is 7.63. The van der Waals surface area contributed by atoms with Gasteiger partial charge in [0.1, 0.15) is 5.75 Å². The molecule has 1 aromatic carbocycles. The van der Waals surface area contributed by atoms with Gasteiger partial charge in [-0.3, -0.25) is 4.79 Å². The van der Waals surface area contributed by atoms with Crippen molar-refractivity contribution in [1.29, 1.82) is 0 Å². The molecular weight excluding hydrogens is 270 g/mol. The molecule has 0 saturated carbocycles. The lowest BCUT2D eigenvalue weighted by atomic mass is 10.2. The van der Waals surface area contributed by atoms with Crippen LogP contribution in [-0.2, 0) is 9.53 Å². The van der Waals surface area contributed by atoms with Crippen molar-refractivity contribution in [1.82, 2.24) is 10.2 Å². The first kappa shape index (κ1) is 14.2. The van der Waals surface area contributed by atoms with Gasteiger partial charge in [-0.1, -0.05) is 12.1 Å². The molecule has 2 unspecified atom stereocenters. The van der Waals surface area contributed by atoms with Crippen molar-refractivity contribution < 1.29 is 14.3 Å². The predicted octanol–water partition coefficient (Wildman–Crippen LogP) is 0.306. The number of para-hydroxylation sites is 2. The number of likely N-dealkylation sites (N-methyl/N-ethyl adjacent to an activating group) is 1. The summed E-state index contributed by atoms with van der Waals surface area (Å²) < 4.78 is 11.4. The normalized spacial score (nSPS) is 25.4. The van der Waals surface area contributed by atoms with Crippen LogP contribution in [0.2, 0.25) is 0 Å². The molecule has 1 saturated heterocycles. The molecule has 0 spiro atoms. The number of nitrogens with zero attached hydrogens (tertiary/aromatic N) is 1. The van der Waals surface area contributed by atoms with Gasteiger partial charge in [-0.25, -0.2) is 0 Å². The Bertz CT molecular complexity index is 509. The highest BCUT2D eigenvalue weighted by Gasteiger charge is 2.26. The van der Waals surface area contributed by atoms with Crippen molar-refractivity contribution in [2.24, 2.45) is 0 Å². The summed E-state index contributed by atoms with van der Waals surface area (Å²) in [5.41, 5.74) is 0.929. The Morgan fingerprint density at radius 1 is 1.48 bits per heavy atom. The smallest absolute Gasteiger partial charge is 0.263 e. The highest BCUT2D eigenvalue weighted by Crippen LogP contribution is 2.28. The summed E-state index contributed by atoms with van der Waals surface area (Å²) in [4.78, 5) is 14.4. The fraction of sp³-hybridized carbons (Fsp3) is 0.533. The van der Waals surface area contributed by atoms with Gasteiger partial charge in [-0.15, -0.1) is 0 Å². The zero-order valence-electron chi connectivity index (χ0n) is 12.2. The summed E-state index contributed by atoms with van der Waals surface area (Å²) in [5, 5.41) is 6.13. The predicted molar refractivity (Wildman–Crippen MR) is 79.6 cm³/mol. The second-order valence-electron chi connectivity index (χ2n) is 5.48. The quantitative estimate of drug-likeness (QED) is 0.839. The molecule has 6 nitrogen and oxygen atoms in total. The monoisotopic (exact) mass is 291 g/mol. The van der Waals surface area contributed by atoms with Crippen LogP contribution in [-0.4, -0.2) is 62.8 Å². The number of nitrogens with one attached hydrogen (secondary N) is 2. The first-order chi connectivity index (χ1) is 10.2. The van der Waals surface area contributed by atoms with E-state index < -0.39 is 6.10 Å². The fourth-order valence-electron chi connectivity index (χ4n) is 2.58. The minimum absolute atomic E-state index is 0.0523. The lowest BCUT2D eigenvalue weighted by Gasteiger charge is -2.31. The second kappa shape index (κ2) is 6.32. The average molecular weight is 291 g/mol. The maximum Gasteiger partial charge on any atom is 0.263 e. The summed E-state index contributed by atoms with van der Waals surface area (Å²) in [5.74, 6) is 0.617. The van der Waals surface area contributed by atoms with Crippen molar-refractivity contribution in [2.45, 2.75) is 12.2 Å². The Balaban J connectivity index is 1.50. The summed E-state index contributed by atoms with van der Waals surface area (Å²) >= 11 is 0. The van der Waals surface area contributed by atoms with Crippen LogP contribution >= 0.6 is 0 Å². The van der Waals surface area contributed by atoms with E-state index in [4.69, 9.17) is 9.47 Å². The number of anilines is 1. The molecule has 1 aromatic rings. The number of hydrogen-bond acceptors (Lipinski definition) is 5. The molecule has 0 aliphatic carbocycles. The van der Waals surface area contributed by atoms with E-state index in [1.54, 1.807) is 0 Å².